The summed E-state index contributed by atoms with van der Waals surface area (Å²) in [4.78, 5) is 8.98. The number of nitriles is 1. The van der Waals surface area contributed by atoms with Gasteiger partial charge in [-0.05, 0) is 18.1 Å². The lowest BCUT2D eigenvalue weighted by molar-refractivity contribution is 1.02. The molecule has 4 nitrogen and oxygen atoms in total. The second-order valence-corrected chi connectivity index (χ2v) is 5.78. The van der Waals surface area contributed by atoms with Crippen molar-refractivity contribution in [3.8, 4) is 6.07 Å². The Morgan fingerprint density at radius 3 is 2.95 bits per heavy atom. The third-order valence-electron chi connectivity index (χ3n) is 3.07. The molecule has 0 radical (unpaired) electrons. The highest BCUT2D eigenvalue weighted by molar-refractivity contribution is 7.16. The lowest BCUT2D eigenvalue weighted by Gasteiger charge is -2.06. The predicted octanol–water partition coefficient (Wildman–Crippen LogP) is 3.87. The van der Waals surface area contributed by atoms with Gasteiger partial charge < -0.3 is 5.32 Å². The summed E-state index contributed by atoms with van der Waals surface area (Å²) >= 11 is 7.11. The summed E-state index contributed by atoms with van der Waals surface area (Å²) in [6.45, 7) is 0.713. The molecular weight excluding hydrogens is 304 g/mol. The fraction of sp³-hybridized carbons (Fsp3) is 0.133. The third-order valence-corrected chi connectivity index (χ3v) is 4.38. The van der Waals surface area contributed by atoms with Crippen LogP contribution >= 0.6 is 22.9 Å². The maximum atomic E-state index is 8.85. The van der Waals surface area contributed by atoms with Gasteiger partial charge in [-0.15, -0.1) is 0 Å². The standard InChI is InChI=1S/C15H11ClN4S/c16-14-12(9-17)21-15(20-14)19-8-6-11-4-1-3-10-5-2-7-18-13(10)11/h1-5,7H,6,8H2,(H,19,20). The smallest absolute Gasteiger partial charge is 0.185 e. The van der Waals surface area contributed by atoms with E-state index in [0.29, 0.717) is 16.6 Å². The fourth-order valence-electron chi connectivity index (χ4n) is 2.12. The number of fused-ring (bicyclic) bond motifs is 1. The van der Waals surface area contributed by atoms with E-state index in [1.807, 2.05) is 18.2 Å². The lowest BCUT2D eigenvalue weighted by Crippen LogP contribution is -2.05. The molecule has 3 aromatic rings. The van der Waals surface area contributed by atoms with Gasteiger partial charge in [-0.2, -0.15) is 5.26 Å². The van der Waals surface area contributed by atoms with Crippen LogP contribution in [0.4, 0.5) is 5.13 Å². The number of benzene rings is 1. The first-order chi connectivity index (χ1) is 10.3. The van der Waals surface area contributed by atoms with Crippen molar-refractivity contribution in [1.29, 1.82) is 5.26 Å². The van der Waals surface area contributed by atoms with Crippen molar-refractivity contribution >= 4 is 39.0 Å². The lowest BCUT2D eigenvalue weighted by atomic mass is 10.1. The Kier molecular flexibility index (Phi) is 4.00. The molecule has 3 rings (SSSR count). The van der Waals surface area contributed by atoms with Crippen LogP contribution in [0.3, 0.4) is 0 Å². The van der Waals surface area contributed by atoms with Crippen LogP contribution < -0.4 is 5.32 Å². The van der Waals surface area contributed by atoms with Gasteiger partial charge >= 0.3 is 0 Å². The highest BCUT2D eigenvalue weighted by atomic mass is 35.5. The van der Waals surface area contributed by atoms with Gasteiger partial charge in [0.25, 0.3) is 0 Å². The van der Waals surface area contributed by atoms with E-state index < -0.39 is 0 Å². The molecule has 1 N–H and O–H groups in total. The quantitative estimate of drug-likeness (QED) is 0.794. The van der Waals surface area contributed by atoms with Gasteiger partial charge in [0.2, 0.25) is 0 Å². The number of thiazole rings is 1. The molecule has 104 valence electrons. The summed E-state index contributed by atoms with van der Waals surface area (Å²) in [5, 5.41) is 14.1. The number of nitrogens with zero attached hydrogens (tertiary/aromatic N) is 3. The van der Waals surface area contributed by atoms with Crippen molar-refractivity contribution in [2.75, 3.05) is 11.9 Å². The second kappa shape index (κ2) is 6.08. The Morgan fingerprint density at radius 2 is 2.14 bits per heavy atom. The van der Waals surface area contributed by atoms with Gasteiger partial charge in [0, 0.05) is 18.1 Å². The highest BCUT2D eigenvalue weighted by Gasteiger charge is 2.08. The van der Waals surface area contributed by atoms with Gasteiger partial charge in [-0.25, -0.2) is 4.98 Å². The average molecular weight is 315 g/mol. The topological polar surface area (TPSA) is 61.6 Å². The van der Waals surface area contributed by atoms with Crippen molar-refractivity contribution in [2.24, 2.45) is 0 Å². The van der Waals surface area contributed by atoms with Gasteiger partial charge in [-0.1, -0.05) is 47.2 Å². The Balaban J connectivity index is 1.71. The van der Waals surface area contributed by atoms with Crippen molar-refractivity contribution in [3.63, 3.8) is 0 Å². The number of para-hydroxylation sites is 1. The van der Waals surface area contributed by atoms with E-state index in [1.165, 1.54) is 16.9 Å². The zero-order valence-corrected chi connectivity index (χ0v) is 12.6. The van der Waals surface area contributed by atoms with E-state index in [2.05, 4.69) is 33.5 Å². The molecule has 21 heavy (non-hydrogen) atoms. The van der Waals surface area contributed by atoms with Crippen LogP contribution in [0.2, 0.25) is 5.15 Å². The molecule has 2 heterocycles. The van der Waals surface area contributed by atoms with Gasteiger partial charge in [-0.3, -0.25) is 4.98 Å². The Hall–Kier alpha value is -2.16. The van der Waals surface area contributed by atoms with Gasteiger partial charge in [0.15, 0.2) is 10.3 Å². The molecular formula is C15H11ClN4S. The highest BCUT2D eigenvalue weighted by Crippen LogP contribution is 2.25. The minimum Gasteiger partial charge on any atom is -0.361 e. The van der Waals surface area contributed by atoms with Gasteiger partial charge in [0.05, 0.1) is 5.52 Å². The predicted molar refractivity (Wildman–Crippen MR) is 85.8 cm³/mol. The number of anilines is 1. The molecule has 0 aliphatic carbocycles. The molecule has 1 aromatic carbocycles. The van der Waals surface area contributed by atoms with E-state index >= 15 is 0 Å². The van der Waals surface area contributed by atoms with Crippen LogP contribution in [0.25, 0.3) is 10.9 Å². The van der Waals surface area contributed by atoms with E-state index in [9.17, 15) is 0 Å². The number of nitrogens with one attached hydrogen (secondary N) is 1. The molecule has 0 bridgehead atoms. The first kappa shape index (κ1) is 13.8. The van der Waals surface area contributed by atoms with Crippen LogP contribution in [0.15, 0.2) is 36.5 Å². The van der Waals surface area contributed by atoms with Crippen molar-refractivity contribution in [1.82, 2.24) is 9.97 Å². The van der Waals surface area contributed by atoms with Crippen LogP contribution in [0, 0.1) is 11.3 Å². The summed E-state index contributed by atoms with van der Waals surface area (Å²) in [6.07, 6.45) is 2.63. The van der Waals surface area contributed by atoms with Crippen molar-refractivity contribution < 1.29 is 0 Å². The maximum Gasteiger partial charge on any atom is 0.185 e. The number of pyridine rings is 1. The normalized spacial score (nSPS) is 10.5. The summed E-state index contributed by atoms with van der Waals surface area (Å²) in [6, 6.07) is 12.2. The molecule has 0 amide bonds. The molecule has 0 spiro atoms. The summed E-state index contributed by atoms with van der Waals surface area (Å²) in [5.74, 6) is 0. The zero-order chi connectivity index (χ0) is 14.7. The number of halogens is 1. The Bertz CT molecular complexity index is 817. The molecule has 0 atom stereocenters. The van der Waals surface area contributed by atoms with E-state index in [-0.39, 0.29) is 5.15 Å². The molecule has 2 aromatic heterocycles. The summed E-state index contributed by atoms with van der Waals surface area (Å²) in [5.41, 5.74) is 2.21. The monoisotopic (exact) mass is 314 g/mol. The van der Waals surface area contributed by atoms with Crippen LogP contribution in [-0.4, -0.2) is 16.5 Å². The van der Waals surface area contributed by atoms with E-state index in [4.69, 9.17) is 16.9 Å². The minimum absolute atomic E-state index is 0.261. The van der Waals surface area contributed by atoms with E-state index in [0.717, 1.165) is 17.3 Å². The first-order valence-corrected chi connectivity index (χ1v) is 7.60. The third kappa shape index (κ3) is 2.97. The van der Waals surface area contributed by atoms with Crippen LogP contribution in [0.1, 0.15) is 10.4 Å². The molecule has 0 saturated heterocycles. The Morgan fingerprint density at radius 1 is 1.29 bits per heavy atom. The van der Waals surface area contributed by atoms with Crippen molar-refractivity contribution in [3.05, 3.63) is 52.1 Å². The molecule has 0 fully saturated rings. The van der Waals surface area contributed by atoms with E-state index in [1.54, 1.807) is 6.20 Å². The number of rotatable bonds is 4. The average Bonchev–Trinajstić information content (AvgIpc) is 2.87. The van der Waals surface area contributed by atoms with Crippen molar-refractivity contribution in [2.45, 2.75) is 6.42 Å². The fourth-order valence-corrected chi connectivity index (χ4v) is 3.09. The number of aromatic nitrogens is 2. The number of hydrogen-bond acceptors (Lipinski definition) is 5. The number of hydrogen-bond donors (Lipinski definition) is 1. The first-order valence-electron chi connectivity index (χ1n) is 6.41. The van der Waals surface area contributed by atoms with Crippen LogP contribution in [-0.2, 0) is 6.42 Å². The molecule has 0 aliphatic heterocycles. The Labute approximate surface area is 131 Å². The molecule has 6 heteroatoms. The largest absolute Gasteiger partial charge is 0.361 e. The van der Waals surface area contributed by atoms with Crippen LogP contribution in [0.5, 0.6) is 0 Å². The summed E-state index contributed by atoms with van der Waals surface area (Å²) in [7, 11) is 0. The molecule has 0 unspecified atom stereocenters. The minimum atomic E-state index is 0.261. The zero-order valence-electron chi connectivity index (χ0n) is 11.0. The maximum absolute atomic E-state index is 8.85. The molecule has 0 saturated carbocycles. The second-order valence-electron chi connectivity index (χ2n) is 4.42. The summed E-state index contributed by atoms with van der Waals surface area (Å²) < 4.78 is 0. The molecule has 0 aliphatic rings. The SMILES string of the molecule is N#Cc1sc(NCCc2cccc3cccnc23)nc1Cl. The van der Waals surface area contributed by atoms with Gasteiger partial charge in [0.1, 0.15) is 10.9 Å².